The maximum absolute atomic E-state index is 14.1. The van der Waals surface area contributed by atoms with E-state index in [2.05, 4.69) is 0 Å². The van der Waals surface area contributed by atoms with E-state index < -0.39 is 41.1 Å². The quantitative estimate of drug-likeness (QED) is 0.641. The summed E-state index contributed by atoms with van der Waals surface area (Å²) in [5.74, 6) is -3.70. The molecule has 0 fully saturated rings. The molecule has 3 aromatic rings. The molecular weight excluding hydrogens is 357 g/mol. The number of carboxylic acid groups (broad SMARTS) is 1. The number of carboxylic acids is 1. The highest BCUT2D eigenvalue weighted by atomic mass is 35.5. The van der Waals surface area contributed by atoms with Crippen LogP contribution in [0.1, 0.15) is 10.4 Å². The minimum Gasteiger partial charge on any atom is -0.505 e. The fourth-order valence-electron chi connectivity index (χ4n) is 2.64. The second-order valence-electron chi connectivity index (χ2n) is 5.29. The average molecular weight is 368 g/mol. The Balaban J connectivity index is 2.34. The molecule has 0 aliphatic heterocycles. The number of carbonyl (C=O) groups excluding carboxylic acids is 1. The molecule has 0 spiro atoms. The third-order valence-corrected chi connectivity index (χ3v) is 3.94. The van der Waals surface area contributed by atoms with E-state index in [1.54, 1.807) is 0 Å². The molecule has 0 aliphatic carbocycles. The van der Waals surface area contributed by atoms with Gasteiger partial charge in [0.05, 0.1) is 5.52 Å². The maximum Gasteiger partial charge on any atom is 0.322 e. The number of benzene rings is 1. The fourth-order valence-corrected chi connectivity index (χ4v) is 2.84. The van der Waals surface area contributed by atoms with Crippen molar-refractivity contribution in [2.45, 2.75) is 0 Å². The summed E-state index contributed by atoms with van der Waals surface area (Å²) in [5, 5.41) is 21.2. The standard InChI is InChI=1S/C15H11ClFN3O5/c1-19-15(25)12(14(24)18-5-11(21)22)13(23)10-4-7-8(17)2-6(16)3-9(7)20(10)19/h2-4,23H,5H2,1H3,(H,18,24)(H,21,22). The molecule has 2 heterocycles. The summed E-state index contributed by atoms with van der Waals surface area (Å²) in [6.07, 6.45) is 0. The number of carbonyl (C=O) groups is 2. The van der Waals surface area contributed by atoms with Crippen LogP contribution in [0.4, 0.5) is 4.39 Å². The second-order valence-corrected chi connectivity index (χ2v) is 5.73. The Bertz CT molecular complexity index is 1120. The molecule has 1 aromatic carbocycles. The highest BCUT2D eigenvalue weighted by Gasteiger charge is 2.24. The lowest BCUT2D eigenvalue weighted by atomic mass is 10.2. The molecule has 25 heavy (non-hydrogen) atoms. The summed E-state index contributed by atoms with van der Waals surface area (Å²) in [5.41, 5.74) is -1.29. The Labute approximate surface area is 143 Å². The molecule has 3 N–H and O–H groups in total. The predicted molar refractivity (Wildman–Crippen MR) is 86.7 cm³/mol. The van der Waals surface area contributed by atoms with Crippen LogP contribution >= 0.6 is 11.6 Å². The van der Waals surface area contributed by atoms with Gasteiger partial charge in [0, 0.05) is 17.5 Å². The van der Waals surface area contributed by atoms with E-state index in [4.69, 9.17) is 16.7 Å². The number of nitrogens with zero attached hydrogens (tertiary/aromatic N) is 2. The van der Waals surface area contributed by atoms with E-state index >= 15 is 0 Å². The van der Waals surface area contributed by atoms with Crippen LogP contribution in [-0.2, 0) is 11.8 Å². The molecule has 1 amide bonds. The molecule has 2 aromatic heterocycles. The summed E-state index contributed by atoms with van der Waals surface area (Å²) < 4.78 is 16.3. The van der Waals surface area contributed by atoms with Crippen molar-refractivity contribution in [3.63, 3.8) is 0 Å². The SMILES string of the molecule is Cn1c(=O)c(C(=O)NCC(=O)O)c(O)c2cc3c(F)cc(Cl)cc3n21. The molecule has 8 nitrogen and oxygen atoms in total. The van der Waals surface area contributed by atoms with Crippen LogP contribution < -0.4 is 10.9 Å². The topological polar surface area (TPSA) is 113 Å². The van der Waals surface area contributed by atoms with Crippen molar-refractivity contribution in [3.8, 4) is 5.75 Å². The number of amides is 1. The summed E-state index contributed by atoms with van der Waals surface area (Å²) in [6.45, 7) is -0.722. The van der Waals surface area contributed by atoms with Gasteiger partial charge in [-0.15, -0.1) is 0 Å². The largest absolute Gasteiger partial charge is 0.505 e. The van der Waals surface area contributed by atoms with E-state index in [0.29, 0.717) is 0 Å². The molecule has 0 saturated heterocycles. The summed E-state index contributed by atoms with van der Waals surface area (Å²) in [7, 11) is 1.32. The summed E-state index contributed by atoms with van der Waals surface area (Å²) >= 11 is 5.84. The van der Waals surface area contributed by atoms with Crippen molar-refractivity contribution in [1.29, 1.82) is 0 Å². The molecule has 0 atom stereocenters. The van der Waals surface area contributed by atoms with E-state index in [1.165, 1.54) is 23.7 Å². The lowest BCUT2D eigenvalue weighted by Crippen LogP contribution is -2.36. The molecule has 0 unspecified atom stereocenters. The van der Waals surface area contributed by atoms with Crippen molar-refractivity contribution in [3.05, 3.63) is 45.0 Å². The van der Waals surface area contributed by atoms with E-state index in [-0.39, 0.29) is 21.4 Å². The first kappa shape index (κ1) is 16.8. The van der Waals surface area contributed by atoms with Gasteiger partial charge in [0.25, 0.3) is 11.5 Å². The molecular formula is C15H11ClFN3O5. The zero-order valence-electron chi connectivity index (χ0n) is 12.7. The van der Waals surface area contributed by atoms with Gasteiger partial charge in [0.1, 0.15) is 23.4 Å². The highest BCUT2D eigenvalue weighted by molar-refractivity contribution is 6.31. The molecule has 0 radical (unpaired) electrons. The number of aromatic nitrogens is 2. The second kappa shape index (κ2) is 5.78. The van der Waals surface area contributed by atoms with Crippen molar-refractivity contribution in [2.75, 3.05) is 6.54 Å². The molecule has 0 bridgehead atoms. The Kier molecular flexibility index (Phi) is 3.88. The van der Waals surface area contributed by atoms with Crippen molar-refractivity contribution in [2.24, 2.45) is 7.05 Å². The fraction of sp³-hybridized carbons (Fsp3) is 0.133. The van der Waals surface area contributed by atoms with Crippen molar-refractivity contribution in [1.82, 2.24) is 14.5 Å². The van der Waals surface area contributed by atoms with Gasteiger partial charge in [-0.25, -0.2) is 13.6 Å². The van der Waals surface area contributed by atoms with Crippen LogP contribution in [0.3, 0.4) is 0 Å². The van der Waals surface area contributed by atoms with Gasteiger partial charge in [-0.3, -0.25) is 14.4 Å². The predicted octanol–water partition coefficient (Wildman–Crippen LogP) is 1.10. The van der Waals surface area contributed by atoms with Crippen LogP contribution in [0.15, 0.2) is 23.0 Å². The third kappa shape index (κ3) is 2.58. The van der Waals surface area contributed by atoms with Gasteiger partial charge in [-0.1, -0.05) is 11.6 Å². The van der Waals surface area contributed by atoms with Gasteiger partial charge < -0.3 is 15.5 Å². The number of nitrogens with one attached hydrogen (secondary N) is 1. The monoisotopic (exact) mass is 367 g/mol. The first-order valence-corrected chi connectivity index (χ1v) is 7.32. The number of aromatic hydroxyl groups is 1. The Morgan fingerprint density at radius 1 is 1.28 bits per heavy atom. The van der Waals surface area contributed by atoms with Gasteiger partial charge in [-0.05, 0) is 18.2 Å². The van der Waals surface area contributed by atoms with Gasteiger partial charge >= 0.3 is 5.97 Å². The molecule has 3 rings (SSSR count). The van der Waals surface area contributed by atoms with Crippen LogP contribution in [0, 0.1) is 5.82 Å². The van der Waals surface area contributed by atoms with Crippen LogP contribution in [0.5, 0.6) is 5.75 Å². The minimum atomic E-state index is -1.31. The van der Waals surface area contributed by atoms with Crippen molar-refractivity contribution < 1.29 is 24.2 Å². The van der Waals surface area contributed by atoms with E-state index in [9.17, 15) is 23.9 Å². The van der Waals surface area contributed by atoms with Crippen molar-refractivity contribution >= 4 is 39.9 Å². The van der Waals surface area contributed by atoms with Crippen LogP contribution in [0.25, 0.3) is 16.4 Å². The number of hydrogen-bond donors (Lipinski definition) is 3. The third-order valence-electron chi connectivity index (χ3n) is 3.72. The first-order chi connectivity index (χ1) is 11.7. The number of aliphatic carboxylic acids is 1. The molecule has 10 heteroatoms. The molecule has 0 aliphatic rings. The average Bonchev–Trinajstić information content (AvgIpc) is 2.91. The number of rotatable bonds is 3. The minimum absolute atomic E-state index is 0.00117. The Morgan fingerprint density at radius 2 is 1.96 bits per heavy atom. The van der Waals surface area contributed by atoms with Gasteiger partial charge in [0.2, 0.25) is 0 Å². The smallest absolute Gasteiger partial charge is 0.322 e. The number of hydrogen-bond acceptors (Lipinski definition) is 4. The molecule has 0 saturated carbocycles. The number of aryl methyl sites for hydroxylation is 1. The lowest BCUT2D eigenvalue weighted by Gasteiger charge is -2.11. The summed E-state index contributed by atoms with van der Waals surface area (Å²) in [6, 6.07) is 3.76. The van der Waals surface area contributed by atoms with Crippen LogP contribution in [0.2, 0.25) is 5.02 Å². The highest BCUT2D eigenvalue weighted by Crippen LogP contribution is 2.31. The van der Waals surface area contributed by atoms with Gasteiger partial charge in [-0.2, -0.15) is 0 Å². The lowest BCUT2D eigenvalue weighted by molar-refractivity contribution is -0.135. The van der Waals surface area contributed by atoms with Gasteiger partial charge in [0.15, 0.2) is 5.75 Å². The van der Waals surface area contributed by atoms with Crippen LogP contribution in [-0.4, -0.2) is 37.8 Å². The zero-order chi connectivity index (χ0) is 18.5. The van der Waals surface area contributed by atoms with E-state index in [0.717, 1.165) is 10.7 Å². The number of halogens is 2. The zero-order valence-corrected chi connectivity index (χ0v) is 13.5. The normalized spacial score (nSPS) is 11.2. The number of fused-ring (bicyclic) bond motifs is 3. The Morgan fingerprint density at radius 3 is 2.60 bits per heavy atom. The summed E-state index contributed by atoms with van der Waals surface area (Å²) in [4.78, 5) is 35.1. The molecule has 130 valence electrons. The Hall–Kier alpha value is -3.07. The maximum atomic E-state index is 14.1. The first-order valence-electron chi connectivity index (χ1n) is 6.94. The van der Waals surface area contributed by atoms with E-state index in [1.807, 2.05) is 5.32 Å².